The van der Waals surface area contributed by atoms with E-state index in [0.717, 1.165) is 19.6 Å². The van der Waals surface area contributed by atoms with Crippen molar-refractivity contribution in [1.82, 2.24) is 23.7 Å². The summed E-state index contributed by atoms with van der Waals surface area (Å²) in [5, 5.41) is 3.95. The van der Waals surface area contributed by atoms with Gasteiger partial charge in [0.05, 0.1) is 5.92 Å². The molecule has 0 radical (unpaired) electrons. The molecule has 8 nitrogen and oxygen atoms in total. The predicted molar refractivity (Wildman–Crippen MR) is 100 cm³/mol. The normalized spacial score (nSPS) is 23.2. The fourth-order valence-corrected chi connectivity index (χ4v) is 5.50. The molecule has 0 saturated carbocycles. The Hall–Kier alpha value is -1.81. The van der Waals surface area contributed by atoms with E-state index in [-0.39, 0.29) is 11.3 Å². The van der Waals surface area contributed by atoms with Crippen molar-refractivity contribution in [3.63, 3.8) is 0 Å². The number of hydrogen-bond acceptors (Lipinski definition) is 6. The van der Waals surface area contributed by atoms with Crippen LogP contribution in [0.2, 0.25) is 0 Å². The quantitative estimate of drug-likeness (QED) is 0.759. The van der Waals surface area contributed by atoms with E-state index in [2.05, 4.69) is 27.2 Å². The van der Waals surface area contributed by atoms with Crippen LogP contribution in [0, 0.1) is 12.3 Å². The number of hydrogen-bond donors (Lipinski definition) is 0. The zero-order valence-electron chi connectivity index (χ0n) is 15.9. The standard InChI is InChI=1S/C18H25N5O3S/c1-14-19-17(26-20-14)16-10-22(9-15-7-5-4-6-8-15)11-18(16)12-23(13-18)27(24,25)21(2)3/h4-8,16H,9-13H2,1-3H3. The van der Waals surface area contributed by atoms with Crippen LogP contribution in [0.1, 0.15) is 23.2 Å². The van der Waals surface area contributed by atoms with Crippen molar-refractivity contribution in [3.05, 3.63) is 47.6 Å². The minimum absolute atomic E-state index is 0.0380. The molecule has 146 valence electrons. The average Bonchev–Trinajstić information content (AvgIpc) is 3.18. The summed E-state index contributed by atoms with van der Waals surface area (Å²) in [6.45, 7) is 5.18. The van der Waals surface area contributed by atoms with E-state index in [9.17, 15) is 8.42 Å². The van der Waals surface area contributed by atoms with E-state index >= 15 is 0 Å². The first-order chi connectivity index (χ1) is 12.8. The monoisotopic (exact) mass is 391 g/mol. The van der Waals surface area contributed by atoms with Crippen molar-refractivity contribution in [1.29, 1.82) is 0 Å². The molecule has 3 heterocycles. The molecule has 1 spiro atoms. The highest BCUT2D eigenvalue weighted by molar-refractivity contribution is 7.86. The van der Waals surface area contributed by atoms with E-state index in [4.69, 9.17) is 4.52 Å². The van der Waals surface area contributed by atoms with E-state index in [0.29, 0.717) is 24.8 Å². The highest BCUT2D eigenvalue weighted by Crippen LogP contribution is 2.50. The molecule has 27 heavy (non-hydrogen) atoms. The molecule has 2 aliphatic heterocycles. The Morgan fingerprint density at radius 2 is 1.93 bits per heavy atom. The summed E-state index contributed by atoms with van der Waals surface area (Å²) in [6.07, 6.45) is 0. The van der Waals surface area contributed by atoms with Gasteiger partial charge < -0.3 is 4.52 Å². The minimum atomic E-state index is -3.40. The van der Waals surface area contributed by atoms with Crippen molar-refractivity contribution >= 4 is 10.2 Å². The third-order valence-electron chi connectivity index (χ3n) is 5.58. The Morgan fingerprint density at radius 1 is 1.22 bits per heavy atom. The van der Waals surface area contributed by atoms with Gasteiger partial charge in [0.1, 0.15) is 0 Å². The van der Waals surface area contributed by atoms with Crippen LogP contribution < -0.4 is 0 Å². The summed E-state index contributed by atoms with van der Waals surface area (Å²) in [7, 11) is -0.269. The molecule has 1 atom stereocenters. The number of rotatable bonds is 5. The van der Waals surface area contributed by atoms with Gasteiger partial charge >= 0.3 is 0 Å². The van der Waals surface area contributed by atoms with Crippen LogP contribution in [0.15, 0.2) is 34.9 Å². The van der Waals surface area contributed by atoms with Gasteiger partial charge in [-0.1, -0.05) is 35.5 Å². The number of nitrogens with zero attached hydrogens (tertiary/aromatic N) is 5. The van der Waals surface area contributed by atoms with Gasteiger partial charge in [-0.25, -0.2) is 0 Å². The Kier molecular flexibility index (Phi) is 4.58. The van der Waals surface area contributed by atoms with E-state index < -0.39 is 10.2 Å². The fraction of sp³-hybridized carbons (Fsp3) is 0.556. The molecule has 9 heteroatoms. The van der Waals surface area contributed by atoms with Crippen LogP contribution in [0.3, 0.4) is 0 Å². The van der Waals surface area contributed by atoms with Crippen molar-refractivity contribution in [2.24, 2.45) is 5.41 Å². The Labute approximate surface area is 159 Å². The van der Waals surface area contributed by atoms with Gasteiger partial charge in [0, 0.05) is 52.2 Å². The lowest BCUT2D eigenvalue weighted by Gasteiger charge is -2.49. The summed E-state index contributed by atoms with van der Waals surface area (Å²) in [6, 6.07) is 10.3. The number of aryl methyl sites for hydroxylation is 1. The highest BCUT2D eigenvalue weighted by atomic mass is 32.2. The summed E-state index contributed by atoms with van der Waals surface area (Å²) in [5.74, 6) is 1.26. The molecule has 1 aromatic heterocycles. The fourth-order valence-electron chi connectivity index (χ4n) is 4.20. The number of likely N-dealkylation sites (tertiary alicyclic amines) is 1. The summed E-state index contributed by atoms with van der Waals surface area (Å²) in [4.78, 5) is 6.81. The SMILES string of the molecule is Cc1noc(C2CN(Cc3ccccc3)CC23CN(S(=O)(=O)N(C)C)C3)n1. The lowest BCUT2D eigenvalue weighted by atomic mass is 9.73. The summed E-state index contributed by atoms with van der Waals surface area (Å²) >= 11 is 0. The lowest BCUT2D eigenvalue weighted by molar-refractivity contribution is 0.0503. The van der Waals surface area contributed by atoms with Gasteiger partial charge in [0.2, 0.25) is 5.89 Å². The van der Waals surface area contributed by atoms with Gasteiger partial charge in [0.25, 0.3) is 10.2 Å². The molecule has 4 rings (SSSR count). The zero-order chi connectivity index (χ0) is 19.2. The van der Waals surface area contributed by atoms with Crippen LogP contribution in [0.25, 0.3) is 0 Å². The molecule has 0 aliphatic carbocycles. The zero-order valence-corrected chi connectivity index (χ0v) is 16.7. The molecule has 2 aliphatic rings. The van der Waals surface area contributed by atoms with Crippen molar-refractivity contribution in [2.75, 3.05) is 40.3 Å². The summed E-state index contributed by atoms with van der Waals surface area (Å²) in [5.41, 5.74) is 1.06. The Bertz CT molecular complexity index is 906. The Balaban J connectivity index is 1.57. The van der Waals surface area contributed by atoms with E-state index in [1.807, 2.05) is 18.2 Å². The van der Waals surface area contributed by atoms with Gasteiger partial charge in [0.15, 0.2) is 5.82 Å². The molecule has 2 aromatic rings. The van der Waals surface area contributed by atoms with Gasteiger partial charge in [-0.3, -0.25) is 4.90 Å². The molecule has 1 unspecified atom stereocenters. The molecular formula is C18H25N5O3S. The van der Waals surface area contributed by atoms with Crippen LogP contribution in [0.5, 0.6) is 0 Å². The topological polar surface area (TPSA) is 82.8 Å². The van der Waals surface area contributed by atoms with E-state index in [1.54, 1.807) is 21.0 Å². The molecular weight excluding hydrogens is 366 g/mol. The second-order valence-electron chi connectivity index (χ2n) is 7.81. The number of aromatic nitrogens is 2. The van der Waals surface area contributed by atoms with Crippen molar-refractivity contribution in [2.45, 2.75) is 19.4 Å². The Morgan fingerprint density at radius 3 is 2.52 bits per heavy atom. The second-order valence-corrected chi connectivity index (χ2v) is 9.95. The van der Waals surface area contributed by atoms with Crippen molar-refractivity contribution in [3.8, 4) is 0 Å². The maximum atomic E-state index is 12.5. The first-order valence-corrected chi connectivity index (χ1v) is 10.4. The van der Waals surface area contributed by atoms with Gasteiger partial charge in [-0.15, -0.1) is 0 Å². The highest BCUT2D eigenvalue weighted by Gasteiger charge is 2.59. The van der Waals surface area contributed by atoms with Crippen LogP contribution in [0.4, 0.5) is 0 Å². The van der Waals surface area contributed by atoms with Crippen LogP contribution in [-0.4, -0.2) is 72.3 Å². The molecule has 1 aromatic carbocycles. The van der Waals surface area contributed by atoms with Crippen molar-refractivity contribution < 1.29 is 12.9 Å². The van der Waals surface area contributed by atoms with Gasteiger partial charge in [-0.2, -0.15) is 22.0 Å². The predicted octanol–water partition coefficient (Wildman–Crippen LogP) is 1.09. The number of benzene rings is 1. The first kappa shape index (κ1) is 18.5. The largest absolute Gasteiger partial charge is 0.339 e. The smallest absolute Gasteiger partial charge is 0.281 e. The third kappa shape index (κ3) is 3.29. The minimum Gasteiger partial charge on any atom is -0.339 e. The maximum absolute atomic E-state index is 12.5. The first-order valence-electron chi connectivity index (χ1n) is 9.04. The third-order valence-corrected chi connectivity index (χ3v) is 7.41. The summed E-state index contributed by atoms with van der Waals surface area (Å²) < 4.78 is 33.2. The second kappa shape index (κ2) is 6.66. The molecule has 0 amide bonds. The molecule has 0 N–H and O–H groups in total. The van der Waals surface area contributed by atoms with Crippen LogP contribution >= 0.6 is 0 Å². The lowest BCUT2D eigenvalue weighted by Crippen LogP contribution is -2.63. The molecule has 2 fully saturated rings. The average molecular weight is 391 g/mol. The molecule has 2 saturated heterocycles. The van der Waals surface area contributed by atoms with Crippen LogP contribution in [-0.2, 0) is 16.8 Å². The molecule has 0 bridgehead atoms. The van der Waals surface area contributed by atoms with E-state index in [1.165, 1.54) is 14.2 Å². The van der Waals surface area contributed by atoms with Gasteiger partial charge in [-0.05, 0) is 12.5 Å². The maximum Gasteiger partial charge on any atom is 0.281 e.